The van der Waals surface area contributed by atoms with Crippen molar-refractivity contribution in [1.29, 1.82) is 0 Å². The summed E-state index contributed by atoms with van der Waals surface area (Å²) in [6.07, 6.45) is 1.61. The molecule has 0 unspecified atom stereocenters. The molecule has 0 radical (unpaired) electrons. The van der Waals surface area contributed by atoms with E-state index in [9.17, 15) is 13.2 Å². The molecule has 0 saturated carbocycles. The van der Waals surface area contributed by atoms with E-state index in [1.54, 1.807) is 13.0 Å². The SMILES string of the molecule is CCCCN(CC)S(=O)(=O)c1ccc(CC(=O)O)s1. The number of sulfonamides is 1. The highest BCUT2D eigenvalue weighted by molar-refractivity contribution is 7.91. The van der Waals surface area contributed by atoms with Crippen molar-refractivity contribution in [2.24, 2.45) is 0 Å². The van der Waals surface area contributed by atoms with Crippen LogP contribution in [0, 0.1) is 0 Å². The molecule has 0 saturated heterocycles. The maximum atomic E-state index is 12.4. The third kappa shape index (κ3) is 4.29. The quantitative estimate of drug-likeness (QED) is 0.799. The van der Waals surface area contributed by atoms with E-state index in [1.165, 1.54) is 10.4 Å². The van der Waals surface area contributed by atoms with Gasteiger partial charge in [0.05, 0.1) is 6.42 Å². The van der Waals surface area contributed by atoms with Gasteiger partial charge in [-0.05, 0) is 18.6 Å². The van der Waals surface area contributed by atoms with Crippen LogP contribution < -0.4 is 0 Å². The third-order valence-corrected chi connectivity index (χ3v) is 6.20. The molecule has 1 aromatic rings. The lowest BCUT2D eigenvalue weighted by Crippen LogP contribution is -2.31. The summed E-state index contributed by atoms with van der Waals surface area (Å²) in [4.78, 5) is 11.2. The number of aliphatic carboxylic acids is 1. The molecule has 7 heteroatoms. The van der Waals surface area contributed by atoms with Crippen molar-refractivity contribution in [3.63, 3.8) is 0 Å². The number of carbonyl (C=O) groups is 1. The van der Waals surface area contributed by atoms with E-state index < -0.39 is 16.0 Å². The van der Waals surface area contributed by atoms with Crippen LogP contribution in [0.15, 0.2) is 16.3 Å². The zero-order valence-electron chi connectivity index (χ0n) is 11.1. The Bertz CT molecular complexity index is 522. The zero-order valence-corrected chi connectivity index (χ0v) is 12.8. The summed E-state index contributed by atoms with van der Waals surface area (Å²) in [6, 6.07) is 3.06. The first-order valence-corrected chi connectivity index (χ1v) is 8.48. The number of nitrogens with zero attached hydrogens (tertiary/aromatic N) is 1. The first kappa shape index (κ1) is 16.1. The molecule has 1 heterocycles. The van der Waals surface area contributed by atoms with Crippen LogP contribution in [0.2, 0.25) is 0 Å². The van der Waals surface area contributed by atoms with E-state index in [0.717, 1.165) is 24.2 Å². The fourth-order valence-corrected chi connectivity index (χ4v) is 4.64. The van der Waals surface area contributed by atoms with E-state index in [2.05, 4.69) is 0 Å². The van der Waals surface area contributed by atoms with Gasteiger partial charge in [0.15, 0.2) is 0 Å². The molecule has 0 spiro atoms. The average molecular weight is 305 g/mol. The van der Waals surface area contributed by atoms with Crippen molar-refractivity contribution >= 4 is 27.3 Å². The monoisotopic (exact) mass is 305 g/mol. The summed E-state index contributed by atoms with van der Waals surface area (Å²) < 4.78 is 26.4. The Balaban J connectivity index is 2.91. The Kier molecular flexibility index (Phi) is 5.96. The van der Waals surface area contributed by atoms with Crippen molar-refractivity contribution in [2.45, 2.75) is 37.3 Å². The van der Waals surface area contributed by atoms with Crippen LogP contribution >= 0.6 is 11.3 Å². The predicted octanol–water partition coefficient (Wildman–Crippen LogP) is 2.19. The highest BCUT2D eigenvalue weighted by Crippen LogP contribution is 2.25. The van der Waals surface area contributed by atoms with Crippen LogP contribution in [0.4, 0.5) is 0 Å². The smallest absolute Gasteiger partial charge is 0.308 e. The van der Waals surface area contributed by atoms with Crippen LogP contribution in [-0.4, -0.2) is 36.9 Å². The van der Waals surface area contributed by atoms with Gasteiger partial charge in [0.25, 0.3) is 10.0 Å². The topological polar surface area (TPSA) is 74.7 Å². The van der Waals surface area contributed by atoms with Crippen LogP contribution in [0.5, 0.6) is 0 Å². The van der Waals surface area contributed by atoms with Crippen molar-refractivity contribution in [3.8, 4) is 0 Å². The molecule has 0 aliphatic carbocycles. The molecule has 1 aromatic heterocycles. The average Bonchev–Trinajstić information content (AvgIpc) is 2.78. The summed E-state index contributed by atoms with van der Waals surface area (Å²) in [5, 5.41) is 8.70. The second-order valence-corrected chi connectivity index (χ2v) is 7.47. The Morgan fingerprint density at radius 3 is 2.58 bits per heavy atom. The highest BCUT2D eigenvalue weighted by atomic mass is 32.2. The molecular weight excluding hydrogens is 286 g/mol. The summed E-state index contributed by atoms with van der Waals surface area (Å²) in [5.74, 6) is -0.955. The van der Waals surface area contributed by atoms with Gasteiger partial charge < -0.3 is 5.11 Å². The number of rotatable bonds is 8. The van der Waals surface area contributed by atoms with Gasteiger partial charge in [0.2, 0.25) is 0 Å². The Morgan fingerprint density at radius 2 is 2.05 bits per heavy atom. The summed E-state index contributed by atoms with van der Waals surface area (Å²) in [5.41, 5.74) is 0. The van der Waals surface area contributed by atoms with Crippen molar-refractivity contribution < 1.29 is 18.3 Å². The molecule has 19 heavy (non-hydrogen) atoms. The Morgan fingerprint density at radius 1 is 1.37 bits per heavy atom. The van der Waals surface area contributed by atoms with Crippen molar-refractivity contribution in [3.05, 3.63) is 17.0 Å². The van der Waals surface area contributed by atoms with Crippen LogP contribution in [-0.2, 0) is 21.2 Å². The number of hydrogen-bond donors (Lipinski definition) is 1. The summed E-state index contributed by atoms with van der Waals surface area (Å²) in [6.45, 7) is 4.74. The van der Waals surface area contributed by atoms with Gasteiger partial charge in [-0.15, -0.1) is 11.3 Å². The number of unbranched alkanes of at least 4 members (excludes halogenated alkanes) is 1. The second kappa shape index (κ2) is 7.02. The third-order valence-electron chi connectivity index (χ3n) is 2.67. The molecule has 108 valence electrons. The summed E-state index contributed by atoms with van der Waals surface area (Å²) in [7, 11) is -3.48. The van der Waals surface area contributed by atoms with Gasteiger partial charge in [0.1, 0.15) is 4.21 Å². The van der Waals surface area contributed by atoms with Crippen molar-refractivity contribution in [2.75, 3.05) is 13.1 Å². The van der Waals surface area contributed by atoms with E-state index in [1.807, 2.05) is 6.92 Å². The molecule has 0 atom stereocenters. The van der Waals surface area contributed by atoms with Gasteiger partial charge in [-0.1, -0.05) is 20.3 Å². The lowest BCUT2D eigenvalue weighted by atomic mass is 10.3. The normalized spacial score (nSPS) is 11.9. The second-order valence-electron chi connectivity index (χ2n) is 4.14. The van der Waals surface area contributed by atoms with E-state index in [-0.39, 0.29) is 10.6 Å². The first-order valence-electron chi connectivity index (χ1n) is 6.22. The molecule has 0 fully saturated rings. The Labute approximate surface area is 117 Å². The van der Waals surface area contributed by atoms with Gasteiger partial charge in [-0.2, -0.15) is 4.31 Å². The van der Waals surface area contributed by atoms with Gasteiger partial charge in [0, 0.05) is 18.0 Å². The minimum absolute atomic E-state index is 0.138. The van der Waals surface area contributed by atoms with Gasteiger partial charge in [-0.25, -0.2) is 8.42 Å². The molecular formula is C12H19NO4S2. The van der Waals surface area contributed by atoms with E-state index >= 15 is 0 Å². The van der Waals surface area contributed by atoms with Crippen LogP contribution in [0.25, 0.3) is 0 Å². The fourth-order valence-electron chi connectivity index (χ4n) is 1.65. The molecule has 1 rings (SSSR count). The minimum Gasteiger partial charge on any atom is -0.481 e. The molecule has 0 aliphatic heterocycles. The van der Waals surface area contributed by atoms with Gasteiger partial charge >= 0.3 is 5.97 Å². The van der Waals surface area contributed by atoms with Crippen molar-refractivity contribution in [1.82, 2.24) is 4.31 Å². The largest absolute Gasteiger partial charge is 0.481 e. The molecule has 0 aliphatic rings. The highest BCUT2D eigenvalue weighted by Gasteiger charge is 2.24. The molecule has 1 N–H and O–H groups in total. The number of hydrogen-bond acceptors (Lipinski definition) is 4. The molecule has 0 amide bonds. The maximum absolute atomic E-state index is 12.4. The number of carboxylic acid groups (broad SMARTS) is 1. The van der Waals surface area contributed by atoms with E-state index in [0.29, 0.717) is 18.0 Å². The summed E-state index contributed by atoms with van der Waals surface area (Å²) >= 11 is 1.03. The van der Waals surface area contributed by atoms with Crippen LogP contribution in [0.3, 0.4) is 0 Å². The predicted molar refractivity (Wildman–Crippen MR) is 75.0 cm³/mol. The number of thiophene rings is 1. The van der Waals surface area contributed by atoms with E-state index in [4.69, 9.17) is 5.11 Å². The number of carboxylic acids is 1. The first-order chi connectivity index (χ1) is 8.91. The zero-order chi connectivity index (χ0) is 14.5. The molecule has 0 aromatic carbocycles. The Hall–Kier alpha value is -0.920. The lowest BCUT2D eigenvalue weighted by Gasteiger charge is -2.18. The standard InChI is InChI=1S/C12H19NO4S2/c1-3-5-8-13(4-2)19(16,17)12-7-6-10(18-12)9-11(14)15/h6-7H,3-5,8-9H2,1-2H3,(H,14,15). The molecule has 0 bridgehead atoms. The minimum atomic E-state index is -3.48. The maximum Gasteiger partial charge on any atom is 0.308 e. The molecule has 5 nitrogen and oxygen atoms in total. The van der Waals surface area contributed by atoms with Crippen LogP contribution in [0.1, 0.15) is 31.6 Å². The van der Waals surface area contributed by atoms with Gasteiger partial charge in [-0.3, -0.25) is 4.79 Å². The fraction of sp³-hybridized carbons (Fsp3) is 0.583. The lowest BCUT2D eigenvalue weighted by molar-refractivity contribution is -0.136.